The van der Waals surface area contributed by atoms with Gasteiger partial charge in [0.15, 0.2) is 0 Å². The number of aliphatic hydroxyl groups excluding tert-OH is 2. The number of hydrogen-bond acceptors (Lipinski definition) is 6. The number of aliphatic hydroxyl groups is 2. The van der Waals surface area contributed by atoms with Crippen LogP contribution in [0.1, 0.15) is 92.4 Å². The molecule has 5 rings (SSSR count). The van der Waals surface area contributed by atoms with Crippen molar-refractivity contribution >= 4 is 10.4 Å². The average Bonchev–Trinajstić information content (AvgIpc) is 3.35. The Morgan fingerprint density at radius 3 is 2.40 bits per heavy atom. The van der Waals surface area contributed by atoms with Crippen molar-refractivity contribution in [1.82, 2.24) is 0 Å². The summed E-state index contributed by atoms with van der Waals surface area (Å²) in [6, 6.07) is 0. The Morgan fingerprint density at radius 2 is 1.74 bits per heavy atom. The second-order valence-corrected chi connectivity index (χ2v) is 14.7. The molecule has 0 aromatic carbocycles. The molecule has 202 valence electrons. The summed E-state index contributed by atoms with van der Waals surface area (Å²) in [7, 11) is -4.63. The van der Waals surface area contributed by atoms with Gasteiger partial charge >= 0.3 is 10.4 Å². The van der Waals surface area contributed by atoms with Gasteiger partial charge in [-0.15, -0.1) is 0 Å². The van der Waals surface area contributed by atoms with Crippen molar-refractivity contribution in [2.45, 2.75) is 122 Å². The molecule has 0 bridgehead atoms. The first kappa shape index (κ1) is 26.4. The molecule has 0 amide bonds. The summed E-state index contributed by atoms with van der Waals surface area (Å²) in [6.45, 7) is 11.4. The Morgan fingerprint density at radius 1 is 1.03 bits per heavy atom. The van der Waals surface area contributed by atoms with Gasteiger partial charge in [-0.1, -0.05) is 34.6 Å². The predicted molar refractivity (Wildman–Crippen MR) is 132 cm³/mol. The van der Waals surface area contributed by atoms with Gasteiger partial charge in [-0.3, -0.25) is 4.55 Å². The van der Waals surface area contributed by atoms with Crippen molar-refractivity contribution < 1.29 is 32.1 Å². The Bertz CT molecular complexity index is 922. The van der Waals surface area contributed by atoms with Crippen molar-refractivity contribution in [3.63, 3.8) is 0 Å². The van der Waals surface area contributed by atoms with E-state index in [-0.39, 0.29) is 23.0 Å². The van der Waals surface area contributed by atoms with E-state index in [0.717, 1.165) is 38.5 Å². The van der Waals surface area contributed by atoms with Crippen LogP contribution >= 0.6 is 0 Å². The molecule has 12 atom stereocenters. The summed E-state index contributed by atoms with van der Waals surface area (Å²) >= 11 is 0. The molecule has 7 nitrogen and oxygen atoms in total. The van der Waals surface area contributed by atoms with Gasteiger partial charge in [-0.05, 0) is 98.7 Å². The van der Waals surface area contributed by atoms with Crippen molar-refractivity contribution in [1.29, 1.82) is 0 Å². The third kappa shape index (κ3) is 4.04. The monoisotopic (exact) mass is 514 g/mol. The quantitative estimate of drug-likeness (QED) is 0.341. The summed E-state index contributed by atoms with van der Waals surface area (Å²) in [4.78, 5) is 0. The van der Waals surface area contributed by atoms with Crippen LogP contribution in [0.5, 0.6) is 0 Å². The fourth-order valence-electron chi connectivity index (χ4n) is 10.2. The van der Waals surface area contributed by atoms with Crippen LogP contribution in [0.15, 0.2) is 0 Å². The highest BCUT2D eigenvalue weighted by Gasteiger charge is 2.79. The van der Waals surface area contributed by atoms with Crippen LogP contribution in [0.2, 0.25) is 0 Å². The molecule has 0 aromatic rings. The van der Waals surface area contributed by atoms with Gasteiger partial charge in [-0.2, -0.15) is 8.42 Å². The highest BCUT2D eigenvalue weighted by molar-refractivity contribution is 7.80. The zero-order valence-corrected chi connectivity index (χ0v) is 22.8. The van der Waals surface area contributed by atoms with Gasteiger partial charge < -0.3 is 14.9 Å². The molecular formula is C27H46O7S. The Kier molecular flexibility index (Phi) is 6.50. The molecule has 0 radical (unpaired) electrons. The van der Waals surface area contributed by atoms with E-state index >= 15 is 0 Å². The van der Waals surface area contributed by atoms with Crippen molar-refractivity contribution in [2.75, 3.05) is 0 Å². The molecule has 5 aliphatic rings. The van der Waals surface area contributed by atoms with Crippen LogP contribution in [0.25, 0.3) is 0 Å². The van der Waals surface area contributed by atoms with Gasteiger partial charge in [0.2, 0.25) is 0 Å². The second-order valence-electron chi connectivity index (χ2n) is 13.7. The fraction of sp³-hybridized carbons (Fsp3) is 1.00. The molecule has 1 spiro atoms. The second kappa shape index (κ2) is 8.63. The van der Waals surface area contributed by atoms with Crippen LogP contribution in [0.4, 0.5) is 0 Å². The molecule has 35 heavy (non-hydrogen) atoms. The van der Waals surface area contributed by atoms with E-state index in [9.17, 15) is 23.2 Å². The predicted octanol–water partition coefficient (Wildman–Crippen LogP) is 4.37. The van der Waals surface area contributed by atoms with Crippen molar-refractivity contribution in [3.05, 3.63) is 0 Å². The maximum absolute atomic E-state index is 11.4. The molecule has 3 N–H and O–H groups in total. The van der Waals surface area contributed by atoms with E-state index in [1.165, 1.54) is 12.8 Å². The number of rotatable bonds is 7. The lowest BCUT2D eigenvalue weighted by molar-refractivity contribution is -0.162. The first-order chi connectivity index (χ1) is 16.2. The number of fused-ring (bicyclic) bond motifs is 4. The van der Waals surface area contributed by atoms with Crippen LogP contribution in [0, 0.1) is 46.3 Å². The molecule has 1 saturated heterocycles. The summed E-state index contributed by atoms with van der Waals surface area (Å²) in [5, 5.41) is 21.9. The van der Waals surface area contributed by atoms with E-state index in [0.29, 0.717) is 41.9 Å². The van der Waals surface area contributed by atoms with Crippen LogP contribution in [-0.2, 0) is 19.3 Å². The normalized spacial score (nSPS) is 50.6. The zero-order chi connectivity index (χ0) is 25.6. The van der Waals surface area contributed by atoms with Crippen molar-refractivity contribution in [2.24, 2.45) is 46.3 Å². The van der Waals surface area contributed by atoms with Crippen LogP contribution in [-0.4, -0.2) is 53.2 Å². The fourth-order valence-corrected chi connectivity index (χ4v) is 10.7. The minimum absolute atomic E-state index is 0.0803. The molecule has 1 aliphatic heterocycles. The smallest absolute Gasteiger partial charge is 0.393 e. The molecule has 1 heterocycles. The molecule has 0 unspecified atom stereocenters. The Hall–Kier alpha value is -0.250. The minimum atomic E-state index is -4.63. The maximum Gasteiger partial charge on any atom is 0.397 e. The third-order valence-corrected chi connectivity index (χ3v) is 12.0. The Balaban J connectivity index is 1.34. The van der Waals surface area contributed by atoms with E-state index in [1.54, 1.807) is 0 Å². The van der Waals surface area contributed by atoms with Crippen molar-refractivity contribution in [3.8, 4) is 0 Å². The van der Waals surface area contributed by atoms with Gasteiger partial charge in [0.25, 0.3) is 0 Å². The topological polar surface area (TPSA) is 117 Å². The SMILES string of the molecule is CC(C)C[C@H](O)C[C@@H](C)[C@H]1CC[C@H]2[C@@H]3C[C@H]4O[C@]45[C@@H](O)[C@@H](OS(=O)(=O)O)CC[C@]5(C)[C@H]3CC[C@]12C. The Labute approximate surface area is 211 Å². The van der Waals surface area contributed by atoms with E-state index in [2.05, 4.69) is 34.6 Å². The zero-order valence-electron chi connectivity index (χ0n) is 22.0. The minimum Gasteiger partial charge on any atom is -0.393 e. The summed E-state index contributed by atoms with van der Waals surface area (Å²) in [5.41, 5.74) is -0.716. The largest absolute Gasteiger partial charge is 0.397 e. The number of epoxide rings is 1. The molecular weight excluding hydrogens is 468 g/mol. The highest BCUT2D eigenvalue weighted by Crippen LogP contribution is 2.74. The lowest BCUT2D eigenvalue weighted by Crippen LogP contribution is -2.64. The van der Waals surface area contributed by atoms with Crippen LogP contribution < -0.4 is 0 Å². The van der Waals surface area contributed by atoms with E-state index < -0.39 is 28.2 Å². The third-order valence-electron chi connectivity index (χ3n) is 11.5. The molecule has 5 fully saturated rings. The van der Waals surface area contributed by atoms with E-state index in [1.807, 2.05) is 0 Å². The van der Waals surface area contributed by atoms with Gasteiger partial charge in [0.1, 0.15) is 17.8 Å². The first-order valence-corrected chi connectivity index (χ1v) is 15.3. The number of hydrogen-bond donors (Lipinski definition) is 3. The van der Waals surface area contributed by atoms with E-state index in [4.69, 9.17) is 8.92 Å². The van der Waals surface area contributed by atoms with Gasteiger partial charge in [-0.25, -0.2) is 4.18 Å². The van der Waals surface area contributed by atoms with Gasteiger partial charge in [0.05, 0.1) is 12.2 Å². The summed E-state index contributed by atoms with van der Waals surface area (Å²) < 4.78 is 43.1. The van der Waals surface area contributed by atoms with Crippen LogP contribution in [0.3, 0.4) is 0 Å². The molecule has 8 heteroatoms. The number of ether oxygens (including phenoxy) is 1. The molecule has 4 saturated carbocycles. The highest BCUT2D eigenvalue weighted by atomic mass is 32.3. The maximum atomic E-state index is 11.4. The van der Waals surface area contributed by atoms with Gasteiger partial charge in [0, 0.05) is 5.41 Å². The standard InChI is InChI=1S/C27H46O7S/c1-15(2)12-17(28)13-16(3)19-6-7-20-18-14-23-27(33-23)24(29)22(34-35(30,31)32)9-11-26(27,5)21(18)8-10-25(19,20)4/h15-24,28-29H,6-14H2,1-5H3,(H,30,31,32)/t16-,17+,18+,19-,20+,21+,22+,23-,24+,25-,26-,27+/m1/s1. The lowest BCUT2D eigenvalue weighted by Gasteiger charge is -2.60. The summed E-state index contributed by atoms with van der Waals surface area (Å²) in [5.74, 6) is 3.23. The molecule has 4 aliphatic carbocycles. The first-order valence-electron chi connectivity index (χ1n) is 13.9. The average molecular weight is 515 g/mol. The lowest BCUT2D eigenvalue weighted by atomic mass is 9.44. The molecule has 0 aromatic heterocycles. The summed E-state index contributed by atoms with van der Waals surface area (Å²) in [6.07, 6.45) is 6.17.